The van der Waals surface area contributed by atoms with Crippen molar-refractivity contribution in [2.24, 2.45) is 14.1 Å². The van der Waals surface area contributed by atoms with Crippen molar-refractivity contribution in [3.63, 3.8) is 0 Å². The van der Waals surface area contributed by atoms with E-state index >= 15 is 0 Å². The molecule has 0 fully saturated rings. The van der Waals surface area contributed by atoms with E-state index in [9.17, 15) is 0 Å². The van der Waals surface area contributed by atoms with E-state index in [1.54, 1.807) is 21.6 Å². The Bertz CT molecular complexity index is 769. The molecule has 0 saturated carbocycles. The molecule has 3 aromatic heterocycles. The van der Waals surface area contributed by atoms with Crippen molar-refractivity contribution in [3.05, 3.63) is 30.4 Å². The number of aryl methyl sites for hydroxylation is 3. The van der Waals surface area contributed by atoms with Crippen LogP contribution in [-0.4, -0.2) is 29.5 Å². The van der Waals surface area contributed by atoms with Crippen molar-refractivity contribution in [3.8, 4) is 22.6 Å². The molecule has 0 aliphatic heterocycles. The van der Waals surface area contributed by atoms with E-state index in [1.807, 2.05) is 33.4 Å². The van der Waals surface area contributed by atoms with Gasteiger partial charge in [-0.3, -0.25) is 9.36 Å². The maximum Gasteiger partial charge on any atom is 0.165 e. The fourth-order valence-corrected chi connectivity index (χ4v) is 2.11. The Balaban J connectivity index is 2.14. The molecule has 0 aromatic carbocycles. The zero-order valence-corrected chi connectivity index (χ0v) is 11.6. The minimum atomic E-state index is 0.428. The molecule has 0 aliphatic rings. The molecule has 0 amide bonds. The SMILES string of the molecule is Cc1nn(C)cc1-c1nc(N)cc(-c2cnn(C)c2)n1. The fraction of sp³-hybridized carbons (Fsp3) is 0.231. The molecule has 0 spiro atoms. The monoisotopic (exact) mass is 269 g/mol. The third kappa shape index (κ3) is 2.13. The van der Waals surface area contributed by atoms with E-state index in [-0.39, 0.29) is 0 Å². The number of anilines is 1. The predicted octanol–water partition coefficient (Wildman–Crippen LogP) is 1.17. The molecule has 102 valence electrons. The van der Waals surface area contributed by atoms with Crippen molar-refractivity contribution >= 4 is 5.82 Å². The summed E-state index contributed by atoms with van der Waals surface area (Å²) in [5.74, 6) is 1.01. The lowest BCUT2D eigenvalue weighted by Crippen LogP contribution is -1.98. The molecular weight excluding hydrogens is 254 g/mol. The Kier molecular flexibility index (Phi) is 2.74. The average molecular weight is 269 g/mol. The third-order valence-corrected chi connectivity index (χ3v) is 3.00. The van der Waals surface area contributed by atoms with E-state index in [4.69, 9.17) is 5.73 Å². The van der Waals surface area contributed by atoms with Crippen LogP contribution in [0.25, 0.3) is 22.6 Å². The maximum absolute atomic E-state index is 5.89. The number of hydrogen-bond donors (Lipinski definition) is 1. The average Bonchev–Trinajstić information content (AvgIpc) is 2.94. The highest BCUT2D eigenvalue weighted by Gasteiger charge is 2.12. The molecule has 2 N–H and O–H groups in total. The van der Waals surface area contributed by atoms with Crippen molar-refractivity contribution in [2.45, 2.75) is 6.92 Å². The Morgan fingerprint density at radius 2 is 1.90 bits per heavy atom. The van der Waals surface area contributed by atoms with Gasteiger partial charge in [0.2, 0.25) is 0 Å². The predicted molar refractivity (Wildman–Crippen MR) is 75.6 cm³/mol. The topological polar surface area (TPSA) is 87.4 Å². The molecule has 0 bridgehead atoms. The number of aromatic nitrogens is 6. The van der Waals surface area contributed by atoms with Gasteiger partial charge in [-0.2, -0.15) is 10.2 Å². The quantitative estimate of drug-likeness (QED) is 0.754. The summed E-state index contributed by atoms with van der Waals surface area (Å²) in [7, 11) is 3.73. The van der Waals surface area contributed by atoms with Crippen LogP contribution in [0, 0.1) is 6.92 Å². The summed E-state index contributed by atoms with van der Waals surface area (Å²) < 4.78 is 3.46. The summed E-state index contributed by atoms with van der Waals surface area (Å²) in [6.45, 7) is 1.92. The van der Waals surface area contributed by atoms with Crippen LogP contribution in [0.3, 0.4) is 0 Å². The number of nitrogens with two attached hydrogens (primary N) is 1. The van der Waals surface area contributed by atoms with Crippen molar-refractivity contribution in [2.75, 3.05) is 5.73 Å². The molecule has 0 saturated heterocycles. The number of nitrogens with zero attached hydrogens (tertiary/aromatic N) is 6. The molecular formula is C13H15N7. The lowest BCUT2D eigenvalue weighted by molar-refractivity contribution is 0.756. The van der Waals surface area contributed by atoms with Gasteiger partial charge in [0, 0.05) is 38.1 Å². The first-order valence-corrected chi connectivity index (χ1v) is 6.17. The standard InChI is InChI=1S/C13H15N7/c1-8-10(7-20(3)18-8)13-16-11(4-12(14)17-13)9-5-15-19(2)6-9/h4-7H,1-3H3,(H2,14,16,17). The molecule has 20 heavy (non-hydrogen) atoms. The first-order chi connectivity index (χ1) is 9.52. The summed E-state index contributed by atoms with van der Waals surface area (Å²) in [6.07, 6.45) is 5.53. The molecule has 7 nitrogen and oxygen atoms in total. The van der Waals surface area contributed by atoms with Crippen LogP contribution in [0.1, 0.15) is 5.69 Å². The highest BCUT2D eigenvalue weighted by atomic mass is 15.3. The summed E-state index contributed by atoms with van der Waals surface area (Å²) in [5, 5.41) is 8.45. The highest BCUT2D eigenvalue weighted by Crippen LogP contribution is 2.24. The molecule has 7 heteroatoms. The number of rotatable bonds is 2. The summed E-state index contributed by atoms with van der Waals surface area (Å²) in [6, 6.07) is 1.74. The van der Waals surface area contributed by atoms with Gasteiger partial charge in [-0.25, -0.2) is 9.97 Å². The second-order valence-corrected chi connectivity index (χ2v) is 4.71. The minimum absolute atomic E-state index is 0.428. The van der Waals surface area contributed by atoms with Gasteiger partial charge >= 0.3 is 0 Å². The van der Waals surface area contributed by atoms with Crippen LogP contribution in [0.15, 0.2) is 24.7 Å². The largest absolute Gasteiger partial charge is 0.384 e. The van der Waals surface area contributed by atoms with Gasteiger partial charge in [0.25, 0.3) is 0 Å². The Morgan fingerprint density at radius 3 is 2.50 bits per heavy atom. The first kappa shape index (κ1) is 12.3. The fourth-order valence-electron chi connectivity index (χ4n) is 2.11. The molecule has 0 atom stereocenters. The Labute approximate surface area is 116 Å². The van der Waals surface area contributed by atoms with Crippen LogP contribution < -0.4 is 5.73 Å². The lowest BCUT2D eigenvalue weighted by atomic mass is 10.2. The maximum atomic E-state index is 5.89. The number of hydrogen-bond acceptors (Lipinski definition) is 5. The van der Waals surface area contributed by atoms with Crippen molar-refractivity contribution in [1.82, 2.24) is 29.5 Å². The normalized spacial score (nSPS) is 10.9. The molecule has 3 heterocycles. The van der Waals surface area contributed by atoms with Gasteiger partial charge in [0.05, 0.1) is 23.1 Å². The van der Waals surface area contributed by atoms with Gasteiger partial charge < -0.3 is 5.73 Å². The zero-order chi connectivity index (χ0) is 14.3. The van der Waals surface area contributed by atoms with Crippen LogP contribution in [-0.2, 0) is 14.1 Å². The van der Waals surface area contributed by atoms with E-state index in [2.05, 4.69) is 20.2 Å². The number of nitrogen functional groups attached to an aromatic ring is 1. The van der Waals surface area contributed by atoms with Gasteiger partial charge in [-0.1, -0.05) is 0 Å². The summed E-state index contributed by atoms with van der Waals surface area (Å²) in [5.41, 5.74) is 9.30. The van der Waals surface area contributed by atoms with E-state index in [0.717, 1.165) is 22.5 Å². The van der Waals surface area contributed by atoms with Gasteiger partial charge in [-0.05, 0) is 6.92 Å². The van der Waals surface area contributed by atoms with Crippen LogP contribution >= 0.6 is 0 Å². The van der Waals surface area contributed by atoms with E-state index in [0.29, 0.717) is 11.6 Å². The van der Waals surface area contributed by atoms with Crippen LogP contribution in [0.4, 0.5) is 5.82 Å². The first-order valence-electron chi connectivity index (χ1n) is 6.17. The smallest absolute Gasteiger partial charge is 0.165 e. The Hall–Kier alpha value is -2.70. The Morgan fingerprint density at radius 1 is 1.10 bits per heavy atom. The zero-order valence-electron chi connectivity index (χ0n) is 11.6. The molecule has 3 rings (SSSR count). The van der Waals surface area contributed by atoms with E-state index in [1.165, 1.54) is 0 Å². The summed E-state index contributed by atoms with van der Waals surface area (Å²) in [4.78, 5) is 8.86. The molecule has 0 aliphatic carbocycles. The second kappa shape index (κ2) is 4.44. The van der Waals surface area contributed by atoms with Crippen molar-refractivity contribution in [1.29, 1.82) is 0 Å². The lowest BCUT2D eigenvalue weighted by Gasteiger charge is -2.03. The highest BCUT2D eigenvalue weighted by molar-refractivity contribution is 5.66. The summed E-state index contributed by atoms with van der Waals surface area (Å²) >= 11 is 0. The molecule has 3 aromatic rings. The second-order valence-electron chi connectivity index (χ2n) is 4.71. The van der Waals surface area contributed by atoms with E-state index < -0.39 is 0 Å². The molecule has 0 radical (unpaired) electrons. The third-order valence-electron chi connectivity index (χ3n) is 3.00. The molecule has 0 unspecified atom stereocenters. The minimum Gasteiger partial charge on any atom is -0.384 e. The van der Waals surface area contributed by atoms with Gasteiger partial charge in [0.1, 0.15) is 5.82 Å². The van der Waals surface area contributed by atoms with Crippen LogP contribution in [0.5, 0.6) is 0 Å². The van der Waals surface area contributed by atoms with Gasteiger partial charge in [-0.15, -0.1) is 0 Å². The van der Waals surface area contributed by atoms with Gasteiger partial charge in [0.15, 0.2) is 5.82 Å². The van der Waals surface area contributed by atoms with Crippen LogP contribution in [0.2, 0.25) is 0 Å². The van der Waals surface area contributed by atoms with Crippen molar-refractivity contribution < 1.29 is 0 Å².